The molecule has 0 spiro atoms. The summed E-state index contributed by atoms with van der Waals surface area (Å²) in [6, 6.07) is 8.03. The number of hydrogen-bond acceptors (Lipinski definition) is 6. The number of rotatable bonds is 6. The Bertz CT molecular complexity index is 975. The van der Waals surface area contributed by atoms with Crippen molar-refractivity contribution in [1.29, 1.82) is 0 Å². The number of ether oxygens (including phenoxy) is 1. The fraction of sp³-hybridized carbons (Fsp3) is 0.125. The molecule has 3 rings (SSSR count). The molecular formula is C16H14ClN3O3S2. The molecule has 3 aromatic rings. The van der Waals surface area contributed by atoms with Crippen molar-refractivity contribution in [3.05, 3.63) is 58.1 Å². The average molecular weight is 396 g/mol. The van der Waals surface area contributed by atoms with E-state index < -0.39 is 10.0 Å². The van der Waals surface area contributed by atoms with Crippen LogP contribution in [0.2, 0.25) is 5.02 Å². The Morgan fingerprint density at radius 2 is 2.16 bits per heavy atom. The van der Waals surface area contributed by atoms with Crippen LogP contribution in [0.3, 0.4) is 0 Å². The van der Waals surface area contributed by atoms with Gasteiger partial charge in [0.1, 0.15) is 10.8 Å². The van der Waals surface area contributed by atoms with Gasteiger partial charge in [-0.3, -0.25) is 4.98 Å². The van der Waals surface area contributed by atoms with E-state index in [9.17, 15) is 8.42 Å². The number of aromatic nitrogens is 2. The normalized spacial score (nSPS) is 11.4. The third kappa shape index (κ3) is 4.16. The first-order valence-electron chi connectivity index (χ1n) is 7.17. The lowest BCUT2D eigenvalue weighted by molar-refractivity contribution is 0.414. The van der Waals surface area contributed by atoms with E-state index in [1.165, 1.54) is 36.6 Å². The van der Waals surface area contributed by atoms with Crippen LogP contribution in [0.1, 0.15) is 5.01 Å². The molecule has 0 atom stereocenters. The Kier molecular flexibility index (Phi) is 5.33. The fourth-order valence-electron chi connectivity index (χ4n) is 2.09. The lowest BCUT2D eigenvalue weighted by Gasteiger charge is -2.08. The highest BCUT2D eigenvalue weighted by molar-refractivity contribution is 7.89. The number of nitrogens with one attached hydrogen (secondary N) is 1. The Morgan fingerprint density at radius 3 is 2.84 bits per heavy atom. The van der Waals surface area contributed by atoms with Crippen molar-refractivity contribution >= 4 is 33.0 Å². The van der Waals surface area contributed by atoms with Crippen molar-refractivity contribution in [2.45, 2.75) is 11.4 Å². The summed E-state index contributed by atoms with van der Waals surface area (Å²) in [4.78, 5) is 8.55. The van der Waals surface area contributed by atoms with Crippen LogP contribution >= 0.6 is 22.9 Å². The van der Waals surface area contributed by atoms with Gasteiger partial charge in [0.25, 0.3) is 0 Å². The highest BCUT2D eigenvalue weighted by atomic mass is 35.5. The number of halogens is 1. The third-order valence-corrected chi connectivity index (χ3v) is 5.90. The van der Waals surface area contributed by atoms with Crippen LogP contribution < -0.4 is 9.46 Å². The van der Waals surface area contributed by atoms with E-state index in [0.29, 0.717) is 10.8 Å². The van der Waals surface area contributed by atoms with Crippen molar-refractivity contribution in [3.8, 4) is 17.0 Å². The number of methoxy groups -OCH3 is 1. The molecule has 0 aliphatic rings. The zero-order valence-corrected chi connectivity index (χ0v) is 15.5. The molecule has 0 bridgehead atoms. The molecule has 0 radical (unpaired) electrons. The molecule has 9 heteroatoms. The Labute approximate surface area is 154 Å². The maximum Gasteiger partial charge on any atom is 0.241 e. The standard InChI is InChI=1S/C16H14ClN3O3S2/c1-23-15-5-4-12(7-13(15)17)25(21,22)19-9-16-20-14(10-24-16)11-3-2-6-18-8-11/h2-8,10,19H,9H2,1H3. The van der Waals surface area contributed by atoms with Crippen LogP contribution in [0.15, 0.2) is 53.0 Å². The summed E-state index contributed by atoms with van der Waals surface area (Å²) < 4.78 is 32.3. The van der Waals surface area contributed by atoms with E-state index in [4.69, 9.17) is 16.3 Å². The van der Waals surface area contributed by atoms with E-state index in [1.807, 2.05) is 17.5 Å². The minimum Gasteiger partial charge on any atom is -0.495 e. The first-order valence-corrected chi connectivity index (χ1v) is 9.91. The lowest BCUT2D eigenvalue weighted by Crippen LogP contribution is -2.23. The van der Waals surface area contributed by atoms with Gasteiger partial charge in [0.2, 0.25) is 10.0 Å². The molecule has 0 saturated heterocycles. The summed E-state index contributed by atoms with van der Waals surface area (Å²) in [5.41, 5.74) is 1.65. The van der Waals surface area contributed by atoms with Crippen LogP contribution in [-0.4, -0.2) is 25.5 Å². The molecule has 6 nitrogen and oxygen atoms in total. The van der Waals surface area contributed by atoms with Crippen molar-refractivity contribution in [3.63, 3.8) is 0 Å². The molecule has 1 N–H and O–H groups in total. The van der Waals surface area contributed by atoms with Gasteiger partial charge in [-0.15, -0.1) is 11.3 Å². The summed E-state index contributed by atoms with van der Waals surface area (Å²) in [6.45, 7) is 0.0942. The van der Waals surface area contributed by atoms with Crippen molar-refractivity contribution in [2.24, 2.45) is 0 Å². The number of sulfonamides is 1. The number of hydrogen-bond donors (Lipinski definition) is 1. The van der Waals surface area contributed by atoms with Crippen molar-refractivity contribution < 1.29 is 13.2 Å². The van der Waals surface area contributed by atoms with Gasteiger partial charge in [-0.2, -0.15) is 0 Å². The molecule has 0 amide bonds. The molecule has 0 fully saturated rings. The fourth-order valence-corrected chi connectivity index (χ4v) is 4.26. The van der Waals surface area contributed by atoms with Crippen LogP contribution in [0, 0.1) is 0 Å². The Balaban J connectivity index is 1.72. The zero-order chi connectivity index (χ0) is 17.9. The molecule has 2 heterocycles. The van der Waals surface area contributed by atoms with Gasteiger partial charge in [0, 0.05) is 23.3 Å². The molecule has 0 aliphatic carbocycles. The predicted octanol–water partition coefficient (Wildman–Crippen LogP) is 3.35. The van der Waals surface area contributed by atoms with Gasteiger partial charge in [-0.25, -0.2) is 18.1 Å². The van der Waals surface area contributed by atoms with Crippen LogP contribution in [0.5, 0.6) is 5.75 Å². The Morgan fingerprint density at radius 1 is 1.32 bits per heavy atom. The van der Waals surface area contributed by atoms with Crippen molar-refractivity contribution in [2.75, 3.05) is 7.11 Å². The zero-order valence-electron chi connectivity index (χ0n) is 13.1. The average Bonchev–Trinajstić information content (AvgIpc) is 3.10. The second-order valence-corrected chi connectivity index (χ2v) is 8.11. The molecule has 1 aromatic carbocycles. The van der Waals surface area contributed by atoms with Gasteiger partial charge >= 0.3 is 0 Å². The number of thiazole rings is 1. The molecule has 0 unspecified atom stereocenters. The highest BCUT2D eigenvalue weighted by Crippen LogP contribution is 2.27. The maximum absolute atomic E-state index is 12.4. The van der Waals surface area contributed by atoms with E-state index in [0.717, 1.165) is 11.3 Å². The largest absolute Gasteiger partial charge is 0.495 e. The molecule has 130 valence electrons. The smallest absolute Gasteiger partial charge is 0.241 e. The van der Waals surface area contributed by atoms with E-state index in [1.54, 1.807) is 12.4 Å². The molecule has 2 aromatic heterocycles. The second kappa shape index (κ2) is 7.49. The van der Waals surface area contributed by atoms with E-state index in [-0.39, 0.29) is 16.5 Å². The molecule has 0 saturated carbocycles. The number of benzene rings is 1. The number of pyridine rings is 1. The van der Waals surface area contributed by atoms with Crippen molar-refractivity contribution in [1.82, 2.24) is 14.7 Å². The second-order valence-electron chi connectivity index (χ2n) is 4.99. The van der Waals surface area contributed by atoms with Gasteiger partial charge in [-0.1, -0.05) is 11.6 Å². The quantitative estimate of drug-likeness (QED) is 0.692. The summed E-state index contributed by atoms with van der Waals surface area (Å²) in [5, 5.41) is 2.76. The SMILES string of the molecule is COc1ccc(S(=O)(=O)NCc2nc(-c3cccnc3)cs2)cc1Cl. The van der Waals surface area contributed by atoms with Gasteiger partial charge in [0.15, 0.2) is 0 Å². The van der Waals surface area contributed by atoms with E-state index >= 15 is 0 Å². The van der Waals surface area contributed by atoms with Crippen LogP contribution in [0.4, 0.5) is 0 Å². The first kappa shape index (κ1) is 17.8. The van der Waals surface area contributed by atoms with Crippen LogP contribution in [0.25, 0.3) is 11.3 Å². The van der Waals surface area contributed by atoms with Gasteiger partial charge < -0.3 is 4.74 Å². The maximum atomic E-state index is 12.4. The summed E-state index contributed by atoms with van der Waals surface area (Å²) in [7, 11) is -2.23. The lowest BCUT2D eigenvalue weighted by atomic mass is 10.2. The van der Waals surface area contributed by atoms with E-state index in [2.05, 4.69) is 14.7 Å². The topological polar surface area (TPSA) is 81.2 Å². The summed E-state index contributed by atoms with van der Waals surface area (Å²) in [5.74, 6) is 0.418. The third-order valence-electron chi connectivity index (χ3n) is 3.36. The van der Waals surface area contributed by atoms with Gasteiger partial charge in [-0.05, 0) is 30.3 Å². The molecule has 25 heavy (non-hydrogen) atoms. The highest BCUT2D eigenvalue weighted by Gasteiger charge is 2.17. The first-order chi connectivity index (χ1) is 12.0. The number of nitrogens with zero attached hydrogens (tertiary/aromatic N) is 2. The minimum absolute atomic E-state index is 0.0716. The van der Waals surface area contributed by atoms with Crippen LogP contribution in [-0.2, 0) is 16.6 Å². The van der Waals surface area contributed by atoms with Gasteiger partial charge in [0.05, 0.1) is 29.3 Å². The summed E-state index contributed by atoms with van der Waals surface area (Å²) >= 11 is 7.37. The minimum atomic E-state index is -3.70. The molecule has 0 aliphatic heterocycles. The summed E-state index contributed by atoms with van der Waals surface area (Å²) in [6.07, 6.45) is 3.40. The monoisotopic (exact) mass is 395 g/mol. The molecular weight excluding hydrogens is 382 g/mol. The predicted molar refractivity (Wildman–Crippen MR) is 97.4 cm³/mol. The Hall–Kier alpha value is -2.00.